The molecule has 302 valence electrons. The molecule has 1 fully saturated rings. The number of hydrogen-bond acceptors (Lipinski definition) is 10. The lowest BCUT2D eigenvalue weighted by Gasteiger charge is -2.44. The average molecular weight is 754 g/mol. The third-order valence-corrected chi connectivity index (χ3v) is 10.1. The number of likely N-dealkylation sites (N-methyl/N-ethyl adjacent to an activating group) is 1. The predicted molar refractivity (Wildman–Crippen MR) is 216 cm³/mol. The van der Waals surface area contributed by atoms with Crippen LogP contribution in [0, 0.1) is 5.41 Å². The van der Waals surface area contributed by atoms with Gasteiger partial charge in [0.1, 0.15) is 23.1 Å². The SMILES string of the molecule is CCC(CC)N1c2nc(Nc3ccc(C(=O)NCC(C)(C)CC)cc3OC)ncc2N(C)C(=O)C1CC.CCCOC1CCN(C(=O)OC(C)(C)C)CC1. The van der Waals surface area contributed by atoms with Gasteiger partial charge in [-0.1, -0.05) is 48.5 Å². The van der Waals surface area contributed by atoms with Crippen molar-refractivity contribution in [2.45, 2.75) is 138 Å². The van der Waals surface area contributed by atoms with Crippen LogP contribution in [0.2, 0.25) is 0 Å². The topological polar surface area (TPSA) is 138 Å². The lowest BCUT2D eigenvalue weighted by Crippen LogP contribution is -2.56. The number of amides is 3. The Hall–Kier alpha value is -4.13. The van der Waals surface area contributed by atoms with Gasteiger partial charge in [0.25, 0.3) is 5.91 Å². The summed E-state index contributed by atoms with van der Waals surface area (Å²) in [6.45, 7) is 23.3. The summed E-state index contributed by atoms with van der Waals surface area (Å²) in [6.07, 6.45) is 8.15. The number of methoxy groups -OCH3 is 1. The zero-order chi connectivity index (χ0) is 40.2. The Morgan fingerprint density at radius 1 is 1.02 bits per heavy atom. The zero-order valence-corrected chi connectivity index (χ0v) is 35.0. The number of anilines is 4. The number of benzene rings is 1. The highest BCUT2D eigenvalue weighted by atomic mass is 16.6. The van der Waals surface area contributed by atoms with Crippen molar-refractivity contribution in [3.8, 4) is 5.75 Å². The fourth-order valence-corrected chi connectivity index (χ4v) is 6.36. The average Bonchev–Trinajstić information content (AvgIpc) is 3.15. The number of piperidine rings is 1. The van der Waals surface area contributed by atoms with E-state index in [-0.39, 0.29) is 35.4 Å². The molecule has 13 heteroatoms. The molecule has 1 aromatic carbocycles. The van der Waals surface area contributed by atoms with Gasteiger partial charge in [0, 0.05) is 44.9 Å². The van der Waals surface area contributed by atoms with Gasteiger partial charge in [0.05, 0.1) is 25.1 Å². The summed E-state index contributed by atoms with van der Waals surface area (Å²) in [5.74, 6) is 1.57. The molecule has 0 spiro atoms. The molecule has 0 aliphatic carbocycles. The maximum absolute atomic E-state index is 13.1. The summed E-state index contributed by atoms with van der Waals surface area (Å²) in [4.78, 5) is 52.6. The van der Waals surface area contributed by atoms with Gasteiger partial charge < -0.3 is 39.5 Å². The number of hydrogen-bond donors (Lipinski definition) is 2. The minimum Gasteiger partial charge on any atom is -0.495 e. The van der Waals surface area contributed by atoms with Gasteiger partial charge in [-0.2, -0.15) is 4.98 Å². The second-order valence-corrected chi connectivity index (χ2v) is 15.9. The van der Waals surface area contributed by atoms with Crippen molar-refractivity contribution in [2.75, 3.05) is 55.5 Å². The fraction of sp³-hybridized carbons (Fsp3) is 0.683. The van der Waals surface area contributed by atoms with Gasteiger partial charge in [-0.05, 0) is 89.3 Å². The largest absolute Gasteiger partial charge is 0.495 e. The Morgan fingerprint density at radius 2 is 1.69 bits per heavy atom. The molecule has 3 amide bonds. The summed E-state index contributed by atoms with van der Waals surface area (Å²) in [7, 11) is 3.34. The van der Waals surface area contributed by atoms with Crippen molar-refractivity contribution < 1.29 is 28.6 Å². The lowest BCUT2D eigenvalue weighted by molar-refractivity contribution is -0.120. The Morgan fingerprint density at radius 3 is 2.24 bits per heavy atom. The first-order valence-electron chi connectivity index (χ1n) is 19.8. The number of nitrogens with zero attached hydrogens (tertiary/aromatic N) is 5. The first kappa shape index (κ1) is 44.3. The van der Waals surface area contributed by atoms with E-state index in [4.69, 9.17) is 19.2 Å². The molecule has 2 aromatic rings. The van der Waals surface area contributed by atoms with E-state index in [1.54, 1.807) is 48.4 Å². The van der Waals surface area contributed by atoms with Crippen LogP contribution >= 0.6 is 0 Å². The number of fused-ring (bicyclic) bond motifs is 1. The van der Waals surface area contributed by atoms with Crippen molar-refractivity contribution in [1.29, 1.82) is 0 Å². The number of carbonyl (C=O) groups excluding carboxylic acids is 3. The smallest absolute Gasteiger partial charge is 0.410 e. The third-order valence-electron chi connectivity index (χ3n) is 10.1. The summed E-state index contributed by atoms with van der Waals surface area (Å²) >= 11 is 0. The first-order valence-corrected chi connectivity index (χ1v) is 19.8. The highest BCUT2D eigenvalue weighted by molar-refractivity contribution is 6.04. The number of nitrogens with one attached hydrogen (secondary N) is 2. The monoisotopic (exact) mass is 754 g/mol. The summed E-state index contributed by atoms with van der Waals surface area (Å²) in [6, 6.07) is 5.19. The van der Waals surface area contributed by atoms with Crippen molar-refractivity contribution in [3.05, 3.63) is 30.0 Å². The molecule has 3 heterocycles. The van der Waals surface area contributed by atoms with Gasteiger partial charge >= 0.3 is 6.09 Å². The standard InChI is InChI=1S/C28H42N6O3.C13H25NO3/c1-9-19(10-2)34-21(11-3)26(36)33(7)22-16-29-27(32-24(22)34)31-20-14-13-18(15-23(20)37-8)25(35)30-17-28(5,6)12-4;1-5-10-16-11-6-8-14(9-7-11)12(15)17-13(2,3)4/h13-16,19,21H,9-12,17H2,1-8H3,(H,30,35)(H,29,31,32);11H,5-10H2,1-4H3. The molecule has 2 N–H and O–H groups in total. The van der Waals surface area contributed by atoms with Crippen LogP contribution in [0.15, 0.2) is 24.4 Å². The number of ether oxygens (including phenoxy) is 3. The van der Waals surface area contributed by atoms with Gasteiger partial charge in [-0.15, -0.1) is 0 Å². The molecule has 2 aliphatic heterocycles. The van der Waals surface area contributed by atoms with Crippen LogP contribution < -0.4 is 25.2 Å². The minimum absolute atomic E-state index is 0.0307. The van der Waals surface area contributed by atoms with Crippen LogP contribution in [0.5, 0.6) is 5.75 Å². The zero-order valence-electron chi connectivity index (χ0n) is 35.0. The summed E-state index contributed by atoms with van der Waals surface area (Å²) in [5, 5.41) is 6.26. The molecule has 1 unspecified atom stereocenters. The molecule has 0 radical (unpaired) electrons. The predicted octanol–water partition coefficient (Wildman–Crippen LogP) is 7.96. The van der Waals surface area contributed by atoms with E-state index in [0.29, 0.717) is 47.7 Å². The fourth-order valence-electron chi connectivity index (χ4n) is 6.36. The molecule has 4 rings (SSSR count). The molecule has 1 aromatic heterocycles. The maximum atomic E-state index is 13.1. The molecule has 54 heavy (non-hydrogen) atoms. The molecule has 0 saturated carbocycles. The molecular formula is C41H67N7O6. The third kappa shape index (κ3) is 11.9. The quantitative estimate of drug-likeness (QED) is 0.195. The van der Waals surface area contributed by atoms with Crippen molar-refractivity contribution in [3.63, 3.8) is 0 Å². The van der Waals surface area contributed by atoms with Gasteiger partial charge in [-0.3, -0.25) is 9.59 Å². The van der Waals surface area contributed by atoms with Crippen LogP contribution in [-0.2, 0) is 14.3 Å². The van der Waals surface area contributed by atoms with Crippen molar-refractivity contribution >= 4 is 41.0 Å². The Bertz CT molecular complexity index is 1530. The number of likely N-dealkylation sites (tertiary alicyclic amines) is 1. The Kier molecular flexibility index (Phi) is 16.4. The lowest BCUT2D eigenvalue weighted by atomic mass is 9.90. The normalized spacial score (nSPS) is 16.4. The van der Waals surface area contributed by atoms with Crippen LogP contribution in [0.1, 0.15) is 125 Å². The minimum atomic E-state index is -0.410. The van der Waals surface area contributed by atoms with Crippen LogP contribution in [0.25, 0.3) is 0 Å². The van der Waals surface area contributed by atoms with E-state index in [2.05, 4.69) is 62.1 Å². The summed E-state index contributed by atoms with van der Waals surface area (Å²) in [5.41, 5.74) is 1.48. The van der Waals surface area contributed by atoms with Gasteiger partial charge in [-0.25, -0.2) is 9.78 Å². The maximum Gasteiger partial charge on any atom is 0.410 e. The van der Waals surface area contributed by atoms with E-state index in [9.17, 15) is 14.4 Å². The molecular weight excluding hydrogens is 686 g/mol. The van der Waals surface area contributed by atoms with E-state index >= 15 is 0 Å². The Labute approximate surface area is 323 Å². The Balaban J connectivity index is 0.000000386. The van der Waals surface area contributed by atoms with Crippen LogP contribution in [0.4, 0.5) is 27.9 Å². The first-order chi connectivity index (χ1) is 25.5. The highest BCUT2D eigenvalue weighted by Crippen LogP contribution is 2.38. The second kappa shape index (κ2) is 20.0. The molecule has 1 atom stereocenters. The van der Waals surface area contributed by atoms with E-state index in [1.807, 2.05) is 27.7 Å². The van der Waals surface area contributed by atoms with Gasteiger partial charge in [0.2, 0.25) is 11.9 Å². The van der Waals surface area contributed by atoms with Crippen molar-refractivity contribution in [2.24, 2.45) is 5.41 Å². The van der Waals surface area contributed by atoms with Crippen LogP contribution in [-0.4, -0.2) is 97.0 Å². The molecule has 13 nitrogen and oxygen atoms in total. The van der Waals surface area contributed by atoms with Crippen LogP contribution in [0.3, 0.4) is 0 Å². The van der Waals surface area contributed by atoms with E-state index < -0.39 is 5.60 Å². The second-order valence-electron chi connectivity index (χ2n) is 15.9. The summed E-state index contributed by atoms with van der Waals surface area (Å²) < 4.78 is 16.6. The number of rotatable bonds is 14. The highest BCUT2D eigenvalue weighted by Gasteiger charge is 2.39. The number of carbonyl (C=O) groups is 3. The molecule has 2 aliphatic rings. The van der Waals surface area contributed by atoms with E-state index in [1.165, 1.54) is 0 Å². The van der Waals surface area contributed by atoms with Crippen molar-refractivity contribution in [1.82, 2.24) is 20.2 Å². The molecule has 0 bridgehead atoms. The molecule has 1 saturated heterocycles. The van der Waals surface area contributed by atoms with Gasteiger partial charge in [0.15, 0.2) is 5.82 Å². The number of aromatic nitrogens is 2. The van der Waals surface area contributed by atoms with E-state index in [0.717, 1.165) is 64.0 Å².